The number of ether oxygens (including phenoxy) is 2. The van der Waals surface area contributed by atoms with Crippen molar-refractivity contribution in [2.45, 2.75) is 13.1 Å². The number of alkyl halides is 1. The molecule has 2 aromatic rings. The Bertz CT molecular complexity index is 595. The van der Waals surface area contributed by atoms with E-state index in [1.54, 1.807) is 18.2 Å². The Morgan fingerprint density at radius 3 is 2.83 bits per heavy atom. The molecule has 1 aromatic carbocycles. The number of hydrogen-bond acceptors (Lipinski definition) is 5. The number of nitrogen functional groups attached to an aromatic ring is 1. The van der Waals surface area contributed by atoms with Crippen molar-refractivity contribution in [3.8, 4) is 22.8 Å². The summed E-state index contributed by atoms with van der Waals surface area (Å²) >= 11 is 0. The number of hydrogen-bond donors (Lipinski definition) is 1. The lowest BCUT2D eigenvalue weighted by Gasteiger charge is -2.07. The molecule has 0 bridgehead atoms. The van der Waals surface area contributed by atoms with Crippen molar-refractivity contribution in [3.05, 3.63) is 23.8 Å². The van der Waals surface area contributed by atoms with Crippen LogP contribution < -0.4 is 15.2 Å². The van der Waals surface area contributed by atoms with Crippen molar-refractivity contribution in [2.75, 3.05) is 12.5 Å². The Balaban J connectivity index is 2.18. The molecule has 5 nitrogen and oxygen atoms in total. The summed E-state index contributed by atoms with van der Waals surface area (Å²) in [6.07, 6.45) is -1.11. The monoisotopic (exact) mass is 250 g/mol. The van der Waals surface area contributed by atoms with Crippen molar-refractivity contribution >= 4 is 5.88 Å². The number of benzene rings is 1. The lowest BCUT2D eigenvalue weighted by Crippen LogP contribution is -1.93. The summed E-state index contributed by atoms with van der Waals surface area (Å²) in [4.78, 5) is 0. The molecule has 6 heteroatoms. The topological polar surface area (TPSA) is 70.5 Å². The fraction of sp³-hybridized carbons (Fsp3) is 0.250. The zero-order valence-corrected chi connectivity index (χ0v) is 9.64. The first kappa shape index (κ1) is 10.9. The summed E-state index contributed by atoms with van der Waals surface area (Å²) < 4.78 is 28.9. The van der Waals surface area contributed by atoms with Crippen LogP contribution in [0.15, 0.2) is 22.7 Å². The third-order valence-electron chi connectivity index (χ3n) is 2.76. The predicted molar refractivity (Wildman–Crippen MR) is 62.0 cm³/mol. The number of aromatic nitrogens is 1. The van der Waals surface area contributed by atoms with E-state index in [0.29, 0.717) is 28.3 Å². The molecular formula is C12H11FN2O3. The highest BCUT2D eigenvalue weighted by Crippen LogP contribution is 2.43. The van der Waals surface area contributed by atoms with Gasteiger partial charge in [0.2, 0.25) is 12.7 Å². The fourth-order valence-corrected chi connectivity index (χ4v) is 1.87. The summed E-state index contributed by atoms with van der Waals surface area (Å²) in [7, 11) is 0. The zero-order chi connectivity index (χ0) is 12.7. The van der Waals surface area contributed by atoms with Crippen molar-refractivity contribution < 1.29 is 18.4 Å². The highest BCUT2D eigenvalue weighted by molar-refractivity contribution is 5.74. The van der Waals surface area contributed by atoms with Gasteiger partial charge in [-0.2, -0.15) is 0 Å². The van der Waals surface area contributed by atoms with Crippen LogP contribution in [0.1, 0.15) is 18.7 Å². The van der Waals surface area contributed by atoms with Crippen molar-refractivity contribution in [1.82, 2.24) is 5.16 Å². The van der Waals surface area contributed by atoms with Gasteiger partial charge in [-0.3, -0.25) is 0 Å². The third-order valence-corrected chi connectivity index (χ3v) is 2.76. The molecule has 1 atom stereocenters. The van der Waals surface area contributed by atoms with Crippen LogP contribution in [0.25, 0.3) is 11.3 Å². The Kier molecular flexibility index (Phi) is 2.36. The molecule has 2 N–H and O–H groups in total. The Morgan fingerprint density at radius 1 is 1.33 bits per heavy atom. The largest absolute Gasteiger partial charge is 0.454 e. The molecule has 1 unspecified atom stereocenters. The molecule has 0 saturated heterocycles. The summed E-state index contributed by atoms with van der Waals surface area (Å²) in [6, 6.07) is 4.85. The van der Waals surface area contributed by atoms with E-state index in [2.05, 4.69) is 5.16 Å². The van der Waals surface area contributed by atoms with Gasteiger partial charge in [0.25, 0.3) is 0 Å². The molecule has 2 heterocycles. The van der Waals surface area contributed by atoms with E-state index in [1.807, 2.05) is 0 Å². The third kappa shape index (κ3) is 1.66. The highest BCUT2D eigenvalue weighted by Gasteiger charge is 2.23. The number of anilines is 1. The van der Waals surface area contributed by atoms with Crippen LogP contribution in [-0.4, -0.2) is 11.9 Å². The van der Waals surface area contributed by atoms with Gasteiger partial charge in [-0.25, -0.2) is 4.39 Å². The van der Waals surface area contributed by atoms with E-state index in [0.717, 1.165) is 0 Å². The van der Waals surface area contributed by atoms with E-state index < -0.39 is 6.17 Å². The lowest BCUT2D eigenvalue weighted by atomic mass is 10.0. The number of halogens is 1. The van der Waals surface area contributed by atoms with Gasteiger partial charge >= 0.3 is 0 Å². The molecule has 94 valence electrons. The van der Waals surface area contributed by atoms with E-state index >= 15 is 0 Å². The molecule has 1 aromatic heterocycles. The molecule has 0 aliphatic carbocycles. The fourth-order valence-electron chi connectivity index (χ4n) is 1.87. The summed E-state index contributed by atoms with van der Waals surface area (Å²) in [6.45, 7) is 1.57. The second-order valence-corrected chi connectivity index (χ2v) is 4.03. The second-order valence-electron chi connectivity index (χ2n) is 4.03. The molecule has 1 aliphatic heterocycles. The molecule has 1 aliphatic rings. The molecule has 3 rings (SSSR count). The summed E-state index contributed by atoms with van der Waals surface area (Å²) in [5.41, 5.74) is 7.09. The second kappa shape index (κ2) is 3.90. The summed E-state index contributed by atoms with van der Waals surface area (Å²) in [5.74, 6) is 1.23. The van der Waals surface area contributed by atoms with Crippen LogP contribution in [-0.2, 0) is 0 Å². The van der Waals surface area contributed by atoms with Gasteiger partial charge in [0.15, 0.2) is 11.5 Å². The van der Waals surface area contributed by atoms with Crippen LogP contribution in [0.5, 0.6) is 11.5 Å². The number of nitrogens with zero attached hydrogens (tertiary/aromatic N) is 1. The Hall–Kier alpha value is -2.24. The van der Waals surface area contributed by atoms with Gasteiger partial charge in [0.1, 0.15) is 11.9 Å². The zero-order valence-electron chi connectivity index (χ0n) is 9.64. The first-order chi connectivity index (χ1) is 8.65. The Morgan fingerprint density at radius 2 is 2.17 bits per heavy atom. The minimum absolute atomic E-state index is 0.111. The summed E-state index contributed by atoms with van der Waals surface area (Å²) in [5, 5.41) is 3.81. The smallest absolute Gasteiger partial charge is 0.231 e. The van der Waals surface area contributed by atoms with Crippen LogP contribution in [0, 0.1) is 0 Å². The lowest BCUT2D eigenvalue weighted by molar-refractivity contribution is 0.174. The maximum absolute atomic E-state index is 13.4. The standard InChI is InChI=1S/C12H11FN2O3/c1-6(13)7-2-8(9-4-11(14)18-15-9)12-10(3-7)16-5-17-12/h2-4,6H,5,14H2,1H3. The van der Waals surface area contributed by atoms with E-state index in [9.17, 15) is 4.39 Å². The minimum Gasteiger partial charge on any atom is -0.454 e. The van der Waals surface area contributed by atoms with Crippen LogP contribution in [0.4, 0.5) is 10.3 Å². The van der Waals surface area contributed by atoms with Gasteiger partial charge in [-0.15, -0.1) is 0 Å². The first-order valence-corrected chi connectivity index (χ1v) is 5.45. The maximum Gasteiger partial charge on any atom is 0.231 e. The van der Waals surface area contributed by atoms with Gasteiger partial charge in [-0.1, -0.05) is 5.16 Å². The molecule has 18 heavy (non-hydrogen) atoms. The first-order valence-electron chi connectivity index (χ1n) is 5.45. The number of rotatable bonds is 2. The average molecular weight is 250 g/mol. The molecule has 0 amide bonds. The van der Waals surface area contributed by atoms with Crippen LogP contribution in [0.2, 0.25) is 0 Å². The SMILES string of the molecule is CC(F)c1cc2c(c(-c3cc(N)on3)c1)OCO2. The number of fused-ring (bicyclic) bond motifs is 1. The van der Waals surface area contributed by atoms with E-state index in [-0.39, 0.29) is 12.7 Å². The van der Waals surface area contributed by atoms with Crippen LogP contribution >= 0.6 is 0 Å². The predicted octanol–water partition coefficient (Wildman–Crippen LogP) is 2.68. The molecular weight excluding hydrogens is 239 g/mol. The van der Waals surface area contributed by atoms with Crippen LogP contribution in [0.3, 0.4) is 0 Å². The van der Waals surface area contributed by atoms with E-state index in [1.165, 1.54) is 6.92 Å². The maximum atomic E-state index is 13.4. The normalized spacial score (nSPS) is 14.8. The molecule has 0 fully saturated rings. The van der Waals surface area contributed by atoms with Gasteiger partial charge < -0.3 is 19.7 Å². The van der Waals surface area contributed by atoms with Crippen molar-refractivity contribution in [3.63, 3.8) is 0 Å². The molecule has 0 saturated carbocycles. The van der Waals surface area contributed by atoms with Crippen molar-refractivity contribution in [1.29, 1.82) is 0 Å². The molecule has 0 spiro atoms. The Labute approximate surface area is 102 Å². The average Bonchev–Trinajstić information content (AvgIpc) is 2.95. The minimum atomic E-state index is -1.11. The molecule has 0 radical (unpaired) electrons. The highest BCUT2D eigenvalue weighted by atomic mass is 19.1. The van der Waals surface area contributed by atoms with E-state index in [4.69, 9.17) is 19.7 Å². The van der Waals surface area contributed by atoms with Gasteiger partial charge in [-0.05, 0) is 24.6 Å². The van der Waals surface area contributed by atoms with Gasteiger partial charge in [0, 0.05) is 6.07 Å². The quantitative estimate of drug-likeness (QED) is 0.887. The van der Waals surface area contributed by atoms with Gasteiger partial charge in [0.05, 0.1) is 5.56 Å². The number of nitrogens with two attached hydrogens (primary N) is 1. The van der Waals surface area contributed by atoms with Crippen molar-refractivity contribution in [2.24, 2.45) is 0 Å².